The van der Waals surface area contributed by atoms with Gasteiger partial charge in [0, 0.05) is 40.2 Å². The number of nitrogen functional groups attached to an aromatic ring is 1. The first-order valence-electron chi connectivity index (χ1n) is 6.88. The average molecular weight is 550 g/mol. The largest absolute Gasteiger partial charge is 0.497 e. The van der Waals surface area contributed by atoms with Crippen molar-refractivity contribution in [3.63, 3.8) is 0 Å². The van der Waals surface area contributed by atoms with Crippen LogP contribution in [-0.4, -0.2) is 30.2 Å². The van der Waals surface area contributed by atoms with E-state index in [9.17, 15) is 10.1 Å². The van der Waals surface area contributed by atoms with Gasteiger partial charge in [-0.05, 0) is 56.1 Å². The second-order valence-corrected chi connectivity index (χ2v) is 6.19. The Labute approximate surface area is 183 Å². The van der Waals surface area contributed by atoms with Crippen molar-refractivity contribution in [1.82, 2.24) is 0 Å². The minimum absolute atomic E-state index is 0. The quantitative estimate of drug-likeness (QED) is 0.250. The topological polar surface area (TPSA) is 125 Å². The first kappa shape index (κ1) is 27.4. The van der Waals surface area contributed by atoms with E-state index in [2.05, 4.69) is 31.9 Å². The molecule has 2 rings (SSSR count). The zero-order valence-electron chi connectivity index (χ0n) is 14.6. The molecule has 0 heterocycles. The molecule has 0 aromatic heterocycles. The van der Waals surface area contributed by atoms with E-state index in [4.69, 9.17) is 25.1 Å². The van der Waals surface area contributed by atoms with Crippen molar-refractivity contribution in [3.8, 4) is 11.5 Å². The molecule has 0 bridgehead atoms. The fourth-order valence-electron chi connectivity index (χ4n) is 1.41. The van der Waals surface area contributed by atoms with Crippen LogP contribution in [0.25, 0.3) is 0 Å². The molecule has 0 atom stereocenters. The van der Waals surface area contributed by atoms with Crippen molar-refractivity contribution < 1.29 is 41.4 Å². The van der Waals surface area contributed by atoms with E-state index in [1.54, 1.807) is 25.3 Å². The Kier molecular flexibility index (Phi) is 14.5. The number of ether oxygens (including phenoxy) is 2. The molecule has 0 aliphatic rings. The van der Waals surface area contributed by atoms with Crippen molar-refractivity contribution >= 4 is 49.2 Å². The molecule has 11 heteroatoms. The Morgan fingerprint density at radius 2 is 1.48 bits per heavy atom. The zero-order valence-corrected chi connectivity index (χ0v) is 18.9. The third-order valence-electron chi connectivity index (χ3n) is 2.55. The summed E-state index contributed by atoms with van der Waals surface area (Å²) in [5.41, 5.74) is 6.27. The van der Waals surface area contributed by atoms with Gasteiger partial charge in [-0.1, -0.05) is 0 Å². The van der Waals surface area contributed by atoms with Gasteiger partial charge in [0.1, 0.15) is 11.5 Å². The number of anilines is 1. The number of carboxylic acid groups (broad SMARTS) is 1. The summed E-state index contributed by atoms with van der Waals surface area (Å²) in [7, 11) is 3.08. The smallest absolute Gasteiger partial charge is 0.300 e. The van der Waals surface area contributed by atoms with Crippen LogP contribution in [-0.2, 0) is 21.9 Å². The van der Waals surface area contributed by atoms with Gasteiger partial charge in [0.05, 0.1) is 29.7 Å². The summed E-state index contributed by atoms with van der Waals surface area (Å²) in [5, 5.41) is 17.8. The van der Waals surface area contributed by atoms with Crippen molar-refractivity contribution in [3.05, 3.63) is 55.5 Å². The Hall–Kier alpha value is -1.81. The van der Waals surface area contributed by atoms with E-state index in [1.807, 2.05) is 12.1 Å². The Morgan fingerprint density at radius 3 is 1.85 bits per heavy atom. The standard InChI is InChI=1S/C7H6BrNO3.C7H8BrNO.C2H4O2.Fe/c1-12-5-2-3-6(8)7(4-5)9(10)11;1-10-5-2-3-6(8)7(9)4-5;1-2(3)4;/h2-4H,1H3;2-4H,9H2,1H3;1H3,(H,3,4);. The SMILES string of the molecule is CC(=O)O.COc1ccc(Br)c(N)c1.COc1ccc(Br)c([N+](=O)[O-])c1.[Fe]. The second-order valence-electron chi connectivity index (χ2n) is 4.48. The number of carbonyl (C=O) groups is 1. The van der Waals surface area contributed by atoms with Crippen LogP contribution in [0.3, 0.4) is 0 Å². The summed E-state index contributed by atoms with van der Waals surface area (Å²) in [6.45, 7) is 1.08. The summed E-state index contributed by atoms with van der Waals surface area (Å²) in [4.78, 5) is 18.9. The van der Waals surface area contributed by atoms with Crippen LogP contribution < -0.4 is 15.2 Å². The molecule has 0 aliphatic heterocycles. The molecule has 0 fully saturated rings. The first-order chi connectivity index (χ1) is 12.1. The number of nitro benzene ring substituents is 1. The number of nitro groups is 1. The molecular weight excluding hydrogens is 532 g/mol. The van der Waals surface area contributed by atoms with E-state index in [0.29, 0.717) is 15.9 Å². The van der Waals surface area contributed by atoms with Crippen LogP contribution >= 0.6 is 31.9 Å². The molecule has 3 N–H and O–H groups in total. The normalized spacial score (nSPS) is 8.63. The number of methoxy groups -OCH3 is 2. The Balaban J connectivity index is 0. The molecule has 2 aromatic carbocycles. The molecule has 2 aromatic rings. The van der Waals surface area contributed by atoms with Crippen LogP contribution in [0.1, 0.15) is 6.92 Å². The minimum Gasteiger partial charge on any atom is -0.497 e. The van der Waals surface area contributed by atoms with Crippen molar-refractivity contribution in [2.45, 2.75) is 6.92 Å². The number of aliphatic carboxylic acids is 1. The summed E-state index contributed by atoms with van der Waals surface area (Å²) >= 11 is 6.34. The van der Waals surface area contributed by atoms with Crippen LogP contribution in [0.2, 0.25) is 0 Å². The van der Waals surface area contributed by atoms with Gasteiger partial charge in [0.15, 0.2) is 0 Å². The molecular formula is C16H18Br2FeN2O6. The molecule has 27 heavy (non-hydrogen) atoms. The molecule has 0 aliphatic carbocycles. The molecule has 150 valence electrons. The fraction of sp³-hybridized carbons (Fsp3) is 0.188. The second kappa shape index (κ2) is 14.3. The molecule has 0 saturated heterocycles. The predicted molar refractivity (Wildman–Crippen MR) is 106 cm³/mol. The molecule has 0 spiro atoms. The van der Waals surface area contributed by atoms with Crippen molar-refractivity contribution in [2.24, 2.45) is 0 Å². The monoisotopic (exact) mass is 548 g/mol. The fourth-order valence-corrected chi connectivity index (χ4v) is 2.05. The first-order valence-corrected chi connectivity index (χ1v) is 8.47. The maximum Gasteiger partial charge on any atom is 0.300 e. The van der Waals surface area contributed by atoms with Crippen molar-refractivity contribution in [1.29, 1.82) is 0 Å². The number of hydrogen-bond acceptors (Lipinski definition) is 6. The molecule has 0 saturated carbocycles. The van der Waals surface area contributed by atoms with Gasteiger partial charge >= 0.3 is 0 Å². The number of nitrogens with two attached hydrogens (primary N) is 1. The van der Waals surface area contributed by atoms with Gasteiger partial charge in [0.2, 0.25) is 0 Å². The van der Waals surface area contributed by atoms with E-state index in [-0.39, 0.29) is 22.8 Å². The van der Waals surface area contributed by atoms with E-state index in [1.165, 1.54) is 13.2 Å². The predicted octanol–water partition coefficient (Wildman–Crippen LogP) is 4.49. The number of hydrogen-bond donors (Lipinski definition) is 2. The van der Waals surface area contributed by atoms with Crippen LogP contribution in [0, 0.1) is 10.1 Å². The van der Waals surface area contributed by atoms with Crippen LogP contribution in [0.4, 0.5) is 11.4 Å². The van der Waals surface area contributed by atoms with E-state index in [0.717, 1.165) is 17.1 Å². The summed E-state index contributed by atoms with van der Waals surface area (Å²) in [6.07, 6.45) is 0. The third kappa shape index (κ3) is 11.5. The molecule has 8 nitrogen and oxygen atoms in total. The third-order valence-corrected chi connectivity index (χ3v) is 3.95. The number of benzene rings is 2. The summed E-state index contributed by atoms with van der Waals surface area (Å²) < 4.78 is 11.1. The average Bonchev–Trinajstić information content (AvgIpc) is 2.57. The number of rotatable bonds is 3. The maximum atomic E-state index is 10.4. The maximum absolute atomic E-state index is 10.4. The van der Waals surface area contributed by atoms with Crippen LogP contribution in [0.5, 0.6) is 11.5 Å². The van der Waals surface area contributed by atoms with Gasteiger partial charge in [-0.15, -0.1) is 0 Å². The van der Waals surface area contributed by atoms with Gasteiger partial charge < -0.3 is 20.3 Å². The van der Waals surface area contributed by atoms with Crippen LogP contribution in [0.15, 0.2) is 45.3 Å². The Morgan fingerprint density at radius 1 is 1.07 bits per heavy atom. The number of nitrogens with zero attached hydrogens (tertiary/aromatic N) is 1. The molecule has 0 amide bonds. The van der Waals surface area contributed by atoms with Gasteiger partial charge in [0.25, 0.3) is 11.7 Å². The summed E-state index contributed by atoms with van der Waals surface area (Å²) in [5.74, 6) is 0.422. The zero-order chi connectivity index (χ0) is 20.3. The van der Waals surface area contributed by atoms with Gasteiger partial charge in [-0.2, -0.15) is 0 Å². The minimum atomic E-state index is -0.833. The number of carboxylic acids is 1. The summed E-state index contributed by atoms with van der Waals surface area (Å²) in [6, 6.07) is 10.1. The van der Waals surface area contributed by atoms with Gasteiger partial charge in [-0.3, -0.25) is 14.9 Å². The van der Waals surface area contributed by atoms with Gasteiger partial charge in [-0.25, -0.2) is 0 Å². The number of halogens is 2. The van der Waals surface area contributed by atoms with Crippen molar-refractivity contribution in [2.75, 3.05) is 20.0 Å². The molecule has 0 unspecified atom stereocenters. The molecule has 0 radical (unpaired) electrons. The van der Waals surface area contributed by atoms with E-state index >= 15 is 0 Å². The Bertz CT molecular complexity index is 758. The van der Waals surface area contributed by atoms with E-state index < -0.39 is 10.9 Å².